The minimum atomic E-state index is -0.731. The average molecular weight is 326 g/mol. The molecule has 1 aliphatic rings. The number of hydrogen-bond acceptors (Lipinski definition) is 5. The quantitative estimate of drug-likeness (QED) is 0.647. The first-order valence-electron chi connectivity index (χ1n) is 6.49. The van der Waals surface area contributed by atoms with E-state index in [0.29, 0.717) is 19.5 Å². The molecule has 5 N–H and O–H groups in total. The van der Waals surface area contributed by atoms with Crippen molar-refractivity contribution in [1.29, 1.82) is 0 Å². The first-order valence-corrected chi connectivity index (χ1v) is 8.31. The topological polar surface area (TPSA) is 96.2 Å². The zero-order valence-corrected chi connectivity index (χ0v) is 13.3. The molecule has 1 unspecified atom stereocenters. The molecule has 1 aromatic heterocycles. The molecule has 1 aliphatic heterocycles. The lowest BCUT2D eigenvalue weighted by atomic mass is 9.95. The summed E-state index contributed by atoms with van der Waals surface area (Å²) in [5, 5.41) is 13.8. The molecule has 0 bridgehead atoms. The Morgan fingerprint density at radius 1 is 1.48 bits per heavy atom. The third-order valence-electron chi connectivity index (χ3n) is 3.13. The molecule has 6 nitrogen and oxygen atoms in total. The molecule has 2 heterocycles. The van der Waals surface area contributed by atoms with E-state index in [4.69, 9.17) is 5.73 Å². The number of thioether (sulfide) groups is 1. The second kappa shape index (κ2) is 6.97. The van der Waals surface area contributed by atoms with Gasteiger partial charge in [0.2, 0.25) is 5.91 Å². The lowest BCUT2D eigenvalue weighted by molar-refractivity contribution is -0.123. The SMILES string of the molecule is CNC(=O)NC1=CSC(C(=O)NCCN)(c2ccsc2)C1. The van der Waals surface area contributed by atoms with Crippen LogP contribution in [0.3, 0.4) is 0 Å². The van der Waals surface area contributed by atoms with Crippen LogP contribution in [-0.4, -0.2) is 32.1 Å². The second-order valence-corrected chi connectivity index (χ2v) is 6.47. The molecule has 0 aliphatic carbocycles. The first-order chi connectivity index (χ1) is 10.1. The van der Waals surface area contributed by atoms with Gasteiger partial charge in [0.05, 0.1) is 0 Å². The van der Waals surface area contributed by atoms with Gasteiger partial charge in [-0.05, 0) is 27.8 Å². The summed E-state index contributed by atoms with van der Waals surface area (Å²) in [6.45, 7) is 0.830. The fourth-order valence-electron chi connectivity index (χ4n) is 2.06. The third-order valence-corrected chi connectivity index (χ3v) is 5.18. The molecule has 0 spiro atoms. The van der Waals surface area contributed by atoms with Crippen molar-refractivity contribution in [3.05, 3.63) is 33.5 Å². The van der Waals surface area contributed by atoms with Crippen LogP contribution in [0.15, 0.2) is 27.9 Å². The van der Waals surface area contributed by atoms with Crippen LogP contribution in [-0.2, 0) is 9.54 Å². The van der Waals surface area contributed by atoms with Gasteiger partial charge in [-0.25, -0.2) is 4.79 Å². The van der Waals surface area contributed by atoms with Crippen LogP contribution in [0.5, 0.6) is 0 Å². The summed E-state index contributed by atoms with van der Waals surface area (Å²) in [6, 6.07) is 1.65. The van der Waals surface area contributed by atoms with E-state index in [1.165, 1.54) is 11.8 Å². The van der Waals surface area contributed by atoms with Crippen LogP contribution in [0.1, 0.15) is 12.0 Å². The Bertz CT molecular complexity index is 544. The number of amides is 3. The van der Waals surface area contributed by atoms with E-state index in [0.717, 1.165) is 11.3 Å². The number of carbonyl (C=O) groups is 2. The Morgan fingerprint density at radius 2 is 2.29 bits per heavy atom. The lowest BCUT2D eigenvalue weighted by Crippen LogP contribution is -2.43. The molecule has 1 aromatic rings. The van der Waals surface area contributed by atoms with E-state index in [2.05, 4.69) is 16.0 Å². The summed E-state index contributed by atoms with van der Waals surface area (Å²) < 4.78 is -0.731. The number of allylic oxidation sites excluding steroid dienone is 1. The number of rotatable bonds is 5. The van der Waals surface area contributed by atoms with Gasteiger partial charge in [-0.3, -0.25) is 4.79 Å². The van der Waals surface area contributed by atoms with E-state index < -0.39 is 4.75 Å². The van der Waals surface area contributed by atoms with Crippen LogP contribution >= 0.6 is 23.1 Å². The van der Waals surface area contributed by atoms with Crippen molar-refractivity contribution in [3.63, 3.8) is 0 Å². The fraction of sp³-hybridized carbons (Fsp3) is 0.385. The summed E-state index contributed by atoms with van der Waals surface area (Å²) in [4.78, 5) is 24.0. The Balaban J connectivity index is 2.17. The largest absolute Gasteiger partial charge is 0.353 e. The average Bonchev–Trinajstić information content (AvgIpc) is 3.14. The highest BCUT2D eigenvalue weighted by Gasteiger charge is 2.45. The molecule has 0 saturated carbocycles. The van der Waals surface area contributed by atoms with Crippen LogP contribution in [0, 0.1) is 0 Å². The van der Waals surface area contributed by atoms with Crippen molar-refractivity contribution in [2.45, 2.75) is 11.2 Å². The van der Waals surface area contributed by atoms with Crippen molar-refractivity contribution in [3.8, 4) is 0 Å². The lowest BCUT2D eigenvalue weighted by Gasteiger charge is -2.26. The van der Waals surface area contributed by atoms with Crippen molar-refractivity contribution < 1.29 is 9.59 Å². The van der Waals surface area contributed by atoms with Crippen molar-refractivity contribution in [1.82, 2.24) is 16.0 Å². The Labute approximate surface area is 131 Å². The van der Waals surface area contributed by atoms with E-state index in [-0.39, 0.29) is 11.9 Å². The molecule has 1 atom stereocenters. The normalized spacial score (nSPS) is 20.8. The van der Waals surface area contributed by atoms with Crippen molar-refractivity contribution >= 4 is 35.0 Å². The molecule has 21 heavy (non-hydrogen) atoms. The minimum absolute atomic E-state index is 0.0821. The molecule has 114 valence electrons. The molecule has 0 saturated heterocycles. The second-order valence-electron chi connectivity index (χ2n) is 4.53. The maximum absolute atomic E-state index is 12.6. The van der Waals surface area contributed by atoms with E-state index in [1.54, 1.807) is 18.4 Å². The summed E-state index contributed by atoms with van der Waals surface area (Å²) in [7, 11) is 1.55. The molecule has 2 rings (SSSR count). The Hall–Kier alpha value is -1.51. The number of thiophene rings is 1. The highest BCUT2D eigenvalue weighted by atomic mass is 32.2. The van der Waals surface area contributed by atoms with Crippen molar-refractivity contribution in [2.75, 3.05) is 20.1 Å². The predicted octanol–water partition coefficient (Wildman–Crippen LogP) is 0.926. The van der Waals surface area contributed by atoms with E-state index >= 15 is 0 Å². The number of nitrogens with one attached hydrogen (secondary N) is 3. The maximum atomic E-state index is 12.6. The Kier molecular flexibility index (Phi) is 5.27. The summed E-state index contributed by atoms with van der Waals surface area (Å²) in [5.74, 6) is -0.0821. The number of hydrogen-bond donors (Lipinski definition) is 4. The predicted molar refractivity (Wildman–Crippen MR) is 85.9 cm³/mol. The fourth-order valence-corrected chi connectivity index (χ4v) is 4.03. The number of nitrogens with two attached hydrogens (primary N) is 1. The van der Waals surface area contributed by atoms with Gasteiger partial charge in [0.25, 0.3) is 0 Å². The number of carbonyl (C=O) groups excluding carboxylic acids is 2. The van der Waals surface area contributed by atoms with Gasteiger partial charge in [-0.2, -0.15) is 11.3 Å². The van der Waals surface area contributed by atoms with Crippen LogP contribution in [0.4, 0.5) is 4.79 Å². The molecular weight excluding hydrogens is 308 g/mol. The smallest absolute Gasteiger partial charge is 0.318 e. The highest BCUT2D eigenvalue weighted by molar-refractivity contribution is 8.04. The van der Waals surface area contributed by atoms with Gasteiger partial charge in [0.1, 0.15) is 4.75 Å². The van der Waals surface area contributed by atoms with Gasteiger partial charge in [0.15, 0.2) is 0 Å². The molecular formula is C13H18N4O2S2. The standard InChI is InChI=1S/C13H18N4O2S2/c1-15-12(19)17-10-6-13(21-8-10,9-2-5-20-7-9)11(18)16-4-3-14/h2,5,7-8H,3-4,6,14H2,1H3,(H,16,18)(H2,15,17,19). The van der Waals surface area contributed by atoms with Crippen LogP contribution in [0.25, 0.3) is 0 Å². The number of urea groups is 1. The molecule has 0 aromatic carbocycles. The third kappa shape index (κ3) is 3.39. The monoisotopic (exact) mass is 326 g/mol. The molecule has 3 amide bonds. The van der Waals surface area contributed by atoms with E-state index in [1.807, 2.05) is 22.2 Å². The van der Waals surface area contributed by atoms with Gasteiger partial charge >= 0.3 is 6.03 Å². The van der Waals surface area contributed by atoms with Gasteiger partial charge < -0.3 is 21.7 Å². The van der Waals surface area contributed by atoms with E-state index in [9.17, 15) is 9.59 Å². The minimum Gasteiger partial charge on any atom is -0.353 e. The van der Waals surface area contributed by atoms with Crippen LogP contribution in [0.2, 0.25) is 0 Å². The molecule has 0 fully saturated rings. The maximum Gasteiger partial charge on any atom is 0.318 e. The summed E-state index contributed by atoms with van der Waals surface area (Å²) in [5.41, 5.74) is 7.12. The first kappa shape index (κ1) is 15.9. The summed E-state index contributed by atoms with van der Waals surface area (Å²) >= 11 is 2.96. The molecule has 0 radical (unpaired) electrons. The highest BCUT2D eigenvalue weighted by Crippen LogP contribution is 2.48. The Morgan fingerprint density at radius 3 is 2.90 bits per heavy atom. The zero-order valence-electron chi connectivity index (χ0n) is 11.6. The van der Waals surface area contributed by atoms with Crippen LogP contribution < -0.4 is 21.7 Å². The summed E-state index contributed by atoms with van der Waals surface area (Å²) in [6.07, 6.45) is 0.443. The zero-order chi connectivity index (χ0) is 15.3. The molecule has 8 heteroatoms. The van der Waals surface area contributed by atoms with Gasteiger partial charge in [-0.15, -0.1) is 11.8 Å². The van der Waals surface area contributed by atoms with Gasteiger partial charge in [-0.1, -0.05) is 0 Å². The van der Waals surface area contributed by atoms with Gasteiger partial charge in [0, 0.05) is 32.3 Å². The van der Waals surface area contributed by atoms with Crippen molar-refractivity contribution in [2.24, 2.45) is 5.73 Å².